The number of piperidine rings is 1. The van der Waals surface area contributed by atoms with Gasteiger partial charge in [0.05, 0.1) is 5.60 Å². The molecule has 2 amide bonds. The van der Waals surface area contributed by atoms with Crippen molar-refractivity contribution in [1.29, 1.82) is 0 Å². The number of benzene rings is 2. The van der Waals surface area contributed by atoms with Crippen LogP contribution in [0.2, 0.25) is 0 Å². The van der Waals surface area contributed by atoms with Gasteiger partial charge in [0, 0.05) is 38.2 Å². The van der Waals surface area contributed by atoms with Crippen LogP contribution in [0, 0.1) is 0 Å². The van der Waals surface area contributed by atoms with Crippen LogP contribution in [-0.4, -0.2) is 73.7 Å². The topological polar surface area (TPSA) is 141 Å². The smallest absolute Gasteiger partial charge is 0.439 e. The van der Waals surface area contributed by atoms with Gasteiger partial charge in [-0.25, -0.2) is 4.79 Å². The largest absolute Gasteiger partial charge is 0.457 e. The van der Waals surface area contributed by atoms with Crippen molar-refractivity contribution in [3.05, 3.63) is 64.6 Å². The Morgan fingerprint density at radius 3 is 2.24 bits per heavy atom. The summed E-state index contributed by atoms with van der Waals surface area (Å²) in [5.41, 5.74) is 0.150. The predicted molar refractivity (Wildman–Crippen MR) is 168 cm³/mol. The molecule has 3 heterocycles. The van der Waals surface area contributed by atoms with Crippen LogP contribution in [0.1, 0.15) is 76.7 Å². The number of nitrogens with one attached hydrogen (secondary N) is 2. The first-order valence-electron chi connectivity index (χ1n) is 16.3. The van der Waals surface area contributed by atoms with Gasteiger partial charge in [-0.05, 0) is 74.1 Å². The van der Waals surface area contributed by atoms with Gasteiger partial charge in [0.1, 0.15) is 23.1 Å². The lowest BCUT2D eigenvalue weighted by molar-refractivity contribution is -0.163. The monoisotopic (exact) mass is 617 g/mol. The van der Waals surface area contributed by atoms with Crippen molar-refractivity contribution in [2.75, 3.05) is 19.6 Å². The molecule has 1 saturated carbocycles. The lowest BCUT2D eigenvalue weighted by atomic mass is 9.77. The summed E-state index contributed by atoms with van der Waals surface area (Å²) in [6.07, 6.45) is 7.69. The van der Waals surface area contributed by atoms with E-state index < -0.39 is 22.9 Å². The van der Waals surface area contributed by atoms with Crippen molar-refractivity contribution in [2.24, 2.45) is 0 Å². The first-order chi connectivity index (χ1) is 21.8. The number of ether oxygens (including phenoxy) is 1. The number of amides is 2. The summed E-state index contributed by atoms with van der Waals surface area (Å²) in [6.45, 7) is 4.82. The van der Waals surface area contributed by atoms with Crippen molar-refractivity contribution in [2.45, 2.75) is 94.9 Å². The molecule has 3 aliphatic rings. The predicted octanol–water partition coefficient (Wildman–Crippen LogP) is 4.37. The number of carbonyl (C=O) groups is 2. The highest BCUT2D eigenvalue weighted by Gasteiger charge is 2.54. The molecule has 2 aromatic carbocycles. The number of hydrogen-bond acceptors (Lipinski definition) is 8. The lowest BCUT2D eigenvalue weighted by Gasteiger charge is -2.52. The number of aliphatic hydroxyl groups is 1. The maximum Gasteiger partial charge on any atom is 0.439 e. The fourth-order valence-electron chi connectivity index (χ4n) is 7.12. The standard InChI is InChI=1S/C34H43N5O6/c1-2-3-19-39-30(40)28(22-33(43)15-5-4-6-16-33)35-31(41)34(39)17-20-38(21-18-34)23-24-7-11-26(12-8-24)44-27-13-9-25(10-14-27)29-36-32(42)45-37-29/h7-14,28,43H,2-6,15-23H2,1H3,(H,35,41)(H,36,37,42)/t28-/m1/s1. The van der Waals surface area contributed by atoms with Crippen molar-refractivity contribution < 1.29 is 24.0 Å². The molecule has 1 atom stereocenters. The van der Waals surface area contributed by atoms with Crippen LogP contribution in [0.4, 0.5) is 0 Å². The van der Waals surface area contributed by atoms with Gasteiger partial charge in [-0.2, -0.15) is 0 Å². The van der Waals surface area contributed by atoms with Gasteiger partial charge < -0.3 is 20.1 Å². The molecule has 2 saturated heterocycles. The lowest BCUT2D eigenvalue weighted by Crippen LogP contribution is -2.73. The second-order valence-electron chi connectivity index (χ2n) is 12.9. The molecule has 1 aliphatic carbocycles. The summed E-state index contributed by atoms with van der Waals surface area (Å²) in [6, 6.07) is 14.5. The zero-order valence-corrected chi connectivity index (χ0v) is 25.9. The maximum atomic E-state index is 13.8. The molecule has 3 fully saturated rings. The van der Waals surface area contributed by atoms with Gasteiger partial charge in [0.25, 0.3) is 0 Å². The number of piperazine rings is 1. The van der Waals surface area contributed by atoms with Crippen molar-refractivity contribution in [3.8, 4) is 22.9 Å². The van der Waals surface area contributed by atoms with Crippen LogP contribution in [0.15, 0.2) is 57.8 Å². The molecule has 0 radical (unpaired) electrons. The van der Waals surface area contributed by atoms with Crippen LogP contribution in [0.25, 0.3) is 11.4 Å². The van der Waals surface area contributed by atoms with Crippen molar-refractivity contribution >= 4 is 11.8 Å². The Kier molecular flexibility index (Phi) is 9.09. The normalized spacial score (nSPS) is 21.6. The Balaban J connectivity index is 1.05. The van der Waals surface area contributed by atoms with E-state index in [9.17, 15) is 19.5 Å². The molecular weight excluding hydrogens is 574 g/mol. The molecule has 6 rings (SSSR count). The van der Waals surface area contributed by atoms with E-state index in [4.69, 9.17) is 4.74 Å². The third-order valence-electron chi connectivity index (χ3n) is 9.73. The molecule has 3 N–H and O–H groups in total. The maximum absolute atomic E-state index is 13.8. The minimum atomic E-state index is -0.873. The molecular formula is C34H43N5O6. The highest BCUT2D eigenvalue weighted by Crippen LogP contribution is 2.38. The fourth-order valence-corrected chi connectivity index (χ4v) is 7.12. The van der Waals surface area contributed by atoms with Crippen LogP contribution < -0.4 is 15.8 Å². The third kappa shape index (κ3) is 6.84. The van der Waals surface area contributed by atoms with Crippen LogP contribution >= 0.6 is 0 Å². The zero-order valence-electron chi connectivity index (χ0n) is 25.9. The first kappa shape index (κ1) is 31.0. The average Bonchev–Trinajstić information content (AvgIpc) is 3.48. The van der Waals surface area contributed by atoms with Crippen molar-refractivity contribution in [3.63, 3.8) is 0 Å². The molecule has 11 heteroatoms. The summed E-state index contributed by atoms with van der Waals surface area (Å²) >= 11 is 0. The minimum absolute atomic E-state index is 0.0335. The van der Waals surface area contributed by atoms with Crippen LogP contribution in [0.5, 0.6) is 11.5 Å². The third-order valence-corrected chi connectivity index (χ3v) is 9.73. The van der Waals surface area contributed by atoms with Crippen LogP contribution in [-0.2, 0) is 16.1 Å². The highest BCUT2D eigenvalue weighted by atomic mass is 16.5. The van der Waals surface area contributed by atoms with Gasteiger partial charge >= 0.3 is 5.76 Å². The van der Waals surface area contributed by atoms with E-state index in [0.717, 1.165) is 44.2 Å². The number of nitrogens with zero attached hydrogens (tertiary/aromatic N) is 3. The summed E-state index contributed by atoms with van der Waals surface area (Å²) < 4.78 is 10.6. The fraction of sp³-hybridized carbons (Fsp3) is 0.529. The van der Waals surface area contributed by atoms with Crippen LogP contribution in [0.3, 0.4) is 0 Å². The Hall–Kier alpha value is -3.96. The summed E-state index contributed by atoms with van der Waals surface area (Å²) in [5, 5.41) is 17.9. The average molecular weight is 618 g/mol. The summed E-state index contributed by atoms with van der Waals surface area (Å²) in [5.74, 6) is 1.02. The number of unbranched alkanes of at least 4 members (excludes halogenated alkanes) is 1. The summed E-state index contributed by atoms with van der Waals surface area (Å²) in [4.78, 5) is 45.5. The van der Waals surface area contributed by atoms with Gasteiger partial charge in [-0.15, -0.1) is 0 Å². The number of likely N-dealkylation sites (tertiary alicyclic amines) is 1. The molecule has 45 heavy (non-hydrogen) atoms. The molecule has 0 bridgehead atoms. The Morgan fingerprint density at radius 2 is 1.62 bits per heavy atom. The number of H-pyrrole nitrogens is 1. The molecule has 11 nitrogen and oxygen atoms in total. The quantitative estimate of drug-likeness (QED) is 0.305. The second kappa shape index (κ2) is 13.2. The molecule has 1 spiro atoms. The zero-order chi connectivity index (χ0) is 31.4. The number of aromatic amines is 1. The highest BCUT2D eigenvalue weighted by molar-refractivity contribution is 6.00. The van der Waals surface area contributed by atoms with E-state index in [1.54, 1.807) is 24.3 Å². The minimum Gasteiger partial charge on any atom is -0.457 e. The van der Waals surface area contributed by atoms with Gasteiger partial charge in [0.2, 0.25) is 11.8 Å². The molecule has 2 aliphatic heterocycles. The number of aromatic nitrogens is 2. The van der Waals surface area contributed by atoms with Gasteiger partial charge in [0.15, 0.2) is 5.82 Å². The van der Waals surface area contributed by atoms with E-state index in [0.29, 0.717) is 74.6 Å². The molecule has 240 valence electrons. The number of carbonyl (C=O) groups excluding carboxylic acids is 2. The molecule has 0 unspecified atom stereocenters. The second-order valence-corrected chi connectivity index (χ2v) is 12.9. The van der Waals surface area contributed by atoms with E-state index in [2.05, 4.69) is 31.8 Å². The SMILES string of the molecule is CCCCN1C(=O)[C@@H](CC2(O)CCCCC2)NC(=O)C12CCN(Cc1ccc(Oc3ccc(-c4noc(=O)[nH]4)cc3)cc1)CC2. The summed E-state index contributed by atoms with van der Waals surface area (Å²) in [7, 11) is 0. The Bertz CT molecular complexity index is 1520. The number of hydrogen-bond donors (Lipinski definition) is 3. The molecule has 3 aromatic rings. The Labute approximate surface area is 262 Å². The molecule has 1 aromatic heterocycles. The van der Waals surface area contributed by atoms with Gasteiger partial charge in [-0.1, -0.05) is 49.9 Å². The first-order valence-corrected chi connectivity index (χ1v) is 16.3. The van der Waals surface area contributed by atoms with Crippen molar-refractivity contribution in [1.82, 2.24) is 25.3 Å². The van der Waals surface area contributed by atoms with E-state index in [1.165, 1.54) is 0 Å². The van der Waals surface area contributed by atoms with E-state index in [-0.39, 0.29) is 11.8 Å². The van der Waals surface area contributed by atoms with E-state index >= 15 is 0 Å². The van der Waals surface area contributed by atoms with E-state index in [1.807, 2.05) is 29.2 Å². The number of rotatable bonds is 10. The van der Waals surface area contributed by atoms with Gasteiger partial charge in [-0.3, -0.25) is 24.0 Å². The Morgan fingerprint density at radius 1 is 0.956 bits per heavy atom.